The van der Waals surface area contributed by atoms with E-state index >= 15 is 0 Å². The van der Waals surface area contributed by atoms with Gasteiger partial charge in [-0.2, -0.15) is 0 Å². The van der Waals surface area contributed by atoms with Crippen LogP contribution in [0.25, 0.3) is 0 Å². The van der Waals surface area contributed by atoms with Crippen LogP contribution in [-0.2, 0) is 0 Å². The number of carbonyl (C=O) groups excluding carboxylic acids is 2. The summed E-state index contributed by atoms with van der Waals surface area (Å²) in [5.41, 5.74) is 2.07. The number of nitrogens with one attached hydrogen (secondary N) is 2. The molecule has 2 aromatic rings. The number of aliphatic hydroxyl groups excluding tert-OH is 1. The average molecular weight is 426 g/mol. The molecule has 4 rings (SSSR count). The van der Waals surface area contributed by atoms with Crippen LogP contribution in [-0.4, -0.2) is 48.9 Å². The van der Waals surface area contributed by atoms with Crippen molar-refractivity contribution in [3.63, 3.8) is 0 Å². The Balaban J connectivity index is 1.72. The molecule has 2 aliphatic rings. The van der Waals surface area contributed by atoms with Crippen molar-refractivity contribution in [3.05, 3.63) is 64.7 Å². The minimum atomic E-state index is -0.765. The van der Waals surface area contributed by atoms with Gasteiger partial charge in [0.25, 0.3) is 11.8 Å². The van der Waals surface area contributed by atoms with E-state index in [1.165, 1.54) is 13.1 Å². The van der Waals surface area contributed by atoms with E-state index in [0.29, 0.717) is 42.6 Å². The monoisotopic (exact) mass is 426 g/mol. The summed E-state index contributed by atoms with van der Waals surface area (Å²) in [4.78, 5) is 25.6. The lowest BCUT2D eigenvalue weighted by Gasteiger charge is -2.26. The number of carbonyl (C=O) groups is 2. The zero-order chi connectivity index (χ0) is 22.0. The highest BCUT2D eigenvalue weighted by Crippen LogP contribution is 2.45. The van der Waals surface area contributed by atoms with Gasteiger partial charge in [-0.25, -0.2) is 4.39 Å². The molecule has 1 aliphatic heterocycles. The molecule has 0 saturated heterocycles. The first-order valence-corrected chi connectivity index (χ1v) is 10.7. The Morgan fingerprint density at radius 2 is 1.81 bits per heavy atom. The van der Waals surface area contributed by atoms with Crippen LogP contribution in [0.4, 0.5) is 4.39 Å². The van der Waals surface area contributed by atoms with Gasteiger partial charge in [0, 0.05) is 24.2 Å². The molecule has 2 atom stereocenters. The summed E-state index contributed by atoms with van der Waals surface area (Å²) in [5, 5.41) is 15.3. The fourth-order valence-corrected chi connectivity index (χ4v) is 4.53. The molecule has 0 unspecified atom stereocenters. The van der Waals surface area contributed by atoms with E-state index in [-0.39, 0.29) is 23.6 Å². The number of amides is 2. The van der Waals surface area contributed by atoms with Gasteiger partial charge in [0.15, 0.2) is 0 Å². The minimum Gasteiger partial charge on any atom is -0.486 e. The Bertz CT molecular complexity index is 958. The molecule has 1 heterocycles. The first-order chi connectivity index (χ1) is 15.0. The molecule has 2 aromatic carbocycles. The van der Waals surface area contributed by atoms with Crippen molar-refractivity contribution in [2.45, 2.75) is 49.9 Å². The van der Waals surface area contributed by atoms with Crippen molar-refractivity contribution >= 4 is 11.8 Å². The lowest BCUT2D eigenvalue weighted by Crippen LogP contribution is -2.38. The zero-order valence-corrected chi connectivity index (χ0v) is 17.4. The molecule has 3 N–H and O–H groups in total. The third-order valence-electron chi connectivity index (χ3n) is 6.17. The number of aliphatic hydroxyl groups is 1. The summed E-state index contributed by atoms with van der Waals surface area (Å²) in [6, 6.07) is 12.6. The number of rotatable bonds is 5. The summed E-state index contributed by atoms with van der Waals surface area (Å²) in [7, 11) is 1.51. The van der Waals surface area contributed by atoms with Gasteiger partial charge in [-0.05, 0) is 43.4 Å². The Morgan fingerprint density at radius 1 is 1.10 bits per heavy atom. The second-order valence-corrected chi connectivity index (χ2v) is 8.20. The van der Waals surface area contributed by atoms with Crippen molar-refractivity contribution in [3.8, 4) is 5.75 Å². The molecule has 1 fully saturated rings. The van der Waals surface area contributed by atoms with Crippen LogP contribution in [0.1, 0.15) is 63.4 Å². The van der Waals surface area contributed by atoms with Crippen molar-refractivity contribution in [1.29, 1.82) is 0 Å². The van der Waals surface area contributed by atoms with Crippen molar-refractivity contribution in [1.82, 2.24) is 10.6 Å². The fourth-order valence-electron chi connectivity index (χ4n) is 4.53. The number of alkyl halides is 1. The van der Waals surface area contributed by atoms with E-state index in [0.717, 1.165) is 5.56 Å². The molecule has 1 aliphatic carbocycles. The van der Waals surface area contributed by atoms with E-state index < -0.39 is 24.6 Å². The van der Waals surface area contributed by atoms with Gasteiger partial charge >= 0.3 is 0 Å². The maximum Gasteiger partial charge on any atom is 0.254 e. The maximum atomic E-state index is 13.9. The summed E-state index contributed by atoms with van der Waals surface area (Å²) in [6.07, 6.45) is 1.65. The van der Waals surface area contributed by atoms with Crippen molar-refractivity contribution in [2.24, 2.45) is 0 Å². The molecule has 0 aromatic heterocycles. The van der Waals surface area contributed by atoms with E-state index in [9.17, 15) is 19.1 Å². The van der Waals surface area contributed by atoms with Crippen LogP contribution in [0, 0.1) is 0 Å². The maximum absolute atomic E-state index is 13.9. The van der Waals surface area contributed by atoms with Crippen molar-refractivity contribution in [2.75, 3.05) is 13.7 Å². The standard InChI is InChI=1S/C24H27FN2O4/c1-26-24(30)19-12-15(23(29)27-16-7-9-17(28)10-8-16)11-18-21(14-5-3-2-4-6-14)20(13-25)31-22(18)19/h2-6,11-12,16-17,20-21,28H,7-10,13H2,1H3,(H,26,30)(H,27,29)/t16?,17?,20-,21+/m1/s1. The molecule has 31 heavy (non-hydrogen) atoms. The van der Waals surface area contributed by atoms with Crippen LogP contribution in [0.3, 0.4) is 0 Å². The molecule has 7 heteroatoms. The first-order valence-electron chi connectivity index (χ1n) is 10.7. The van der Waals surface area contributed by atoms with E-state index in [1.807, 2.05) is 30.3 Å². The Morgan fingerprint density at radius 3 is 2.45 bits per heavy atom. The van der Waals surface area contributed by atoms with Gasteiger partial charge in [0.1, 0.15) is 18.5 Å². The van der Waals surface area contributed by atoms with Crippen LogP contribution < -0.4 is 15.4 Å². The summed E-state index contributed by atoms with van der Waals surface area (Å²) in [5.74, 6) is -0.766. The van der Waals surface area contributed by atoms with Gasteiger partial charge in [-0.1, -0.05) is 30.3 Å². The predicted octanol–water partition coefficient (Wildman–Crippen LogP) is 2.94. The van der Waals surface area contributed by atoms with Gasteiger partial charge in [0.05, 0.1) is 17.6 Å². The van der Waals surface area contributed by atoms with Crippen LogP contribution in [0.15, 0.2) is 42.5 Å². The topological polar surface area (TPSA) is 87.7 Å². The highest BCUT2D eigenvalue weighted by molar-refractivity contribution is 6.02. The van der Waals surface area contributed by atoms with Crippen LogP contribution >= 0.6 is 0 Å². The number of hydrogen-bond acceptors (Lipinski definition) is 4. The van der Waals surface area contributed by atoms with Gasteiger partial charge in [-0.15, -0.1) is 0 Å². The number of hydrogen-bond donors (Lipinski definition) is 3. The SMILES string of the molecule is CNC(=O)c1cc(C(=O)NC2CCC(O)CC2)cc2c1O[C@H](CF)[C@H]2c1ccccc1. The van der Waals surface area contributed by atoms with Gasteiger partial charge in [0.2, 0.25) is 0 Å². The molecule has 0 radical (unpaired) electrons. The fraction of sp³-hybridized carbons (Fsp3) is 0.417. The lowest BCUT2D eigenvalue weighted by molar-refractivity contribution is 0.0867. The summed E-state index contributed by atoms with van der Waals surface area (Å²) >= 11 is 0. The second kappa shape index (κ2) is 9.06. The number of fused-ring (bicyclic) bond motifs is 1. The lowest BCUT2D eigenvalue weighted by atomic mass is 9.86. The molecule has 6 nitrogen and oxygen atoms in total. The van der Waals surface area contributed by atoms with Crippen LogP contribution in [0.5, 0.6) is 5.75 Å². The highest BCUT2D eigenvalue weighted by Gasteiger charge is 2.39. The Labute approximate surface area is 180 Å². The summed E-state index contributed by atoms with van der Waals surface area (Å²) in [6.45, 7) is -0.715. The van der Waals surface area contributed by atoms with E-state index in [1.54, 1.807) is 6.07 Å². The largest absolute Gasteiger partial charge is 0.486 e. The third-order valence-corrected chi connectivity index (χ3v) is 6.17. The van der Waals surface area contributed by atoms with Gasteiger partial charge < -0.3 is 20.5 Å². The van der Waals surface area contributed by atoms with E-state index in [4.69, 9.17) is 4.74 Å². The molecule has 2 amide bonds. The predicted molar refractivity (Wildman–Crippen MR) is 114 cm³/mol. The Kier molecular flexibility index (Phi) is 6.23. The van der Waals surface area contributed by atoms with Crippen molar-refractivity contribution < 1.29 is 23.8 Å². The molecule has 0 bridgehead atoms. The molecular formula is C24H27FN2O4. The average Bonchev–Trinajstić information content (AvgIpc) is 3.18. The molecule has 0 spiro atoms. The van der Waals surface area contributed by atoms with Gasteiger partial charge in [-0.3, -0.25) is 9.59 Å². The smallest absolute Gasteiger partial charge is 0.254 e. The minimum absolute atomic E-state index is 0.0210. The number of halogens is 1. The molecule has 1 saturated carbocycles. The highest BCUT2D eigenvalue weighted by atomic mass is 19.1. The molecular weight excluding hydrogens is 399 g/mol. The number of ether oxygens (including phenoxy) is 1. The van der Waals surface area contributed by atoms with E-state index in [2.05, 4.69) is 10.6 Å². The van der Waals surface area contributed by atoms with Crippen LogP contribution in [0.2, 0.25) is 0 Å². The normalized spacial score (nSPS) is 24.7. The third kappa shape index (κ3) is 4.28. The Hall–Kier alpha value is -2.93. The first kappa shape index (κ1) is 21.3. The summed E-state index contributed by atoms with van der Waals surface area (Å²) < 4.78 is 19.8. The zero-order valence-electron chi connectivity index (χ0n) is 17.4. The molecule has 164 valence electrons. The quantitative estimate of drug-likeness (QED) is 0.686. The second-order valence-electron chi connectivity index (χ2n) is 8.20. The number of benzene rings is 2.